The third kappa shape index (κ3) is 7.83. The maximum atomic E-state index is 13.5. The van der Waals surface area contributed by atoms with Gasteiger partial charge < -0.3 is 20.1 Å². The van der Waals surface area contributed by atoms with E-state index in [9.17, 15) is 13.2 Å². The van der Waals surface area contributed by atoms with Crippen LogP contribution in [0.15, 0.2) is 71.6 Å². The van der Waals surface area contributed by atoms with Crippen LogP contribution in [-0.4, -0.2) is 63.5 Å². The average Bonchev–Trinajstić information content (AvgIpc) is 2.92. The number of sulfonamides is 1. The molecule has 0 fully saturated rings. The number of rotatable bonds is 12. The number of benzene rings is 3. The zero-order valence-corrected chi connectivity index (χ0v) is 24.5. The SMILES string of the molecule is COc1cc(Nc2nc3ccccc3nc2NS(=O)(=O)c2cccc(NC(=O)CN(C)CC(C)C)c2)cc(OC)c1. The van der Waals surface area contributed by atoms with E-state index in [1.165, 1.54) is 26.4 Å². The topological polar surface area (TPSA) is 135 Å². The summed E-state index contributed by atoms with van der Waals surface area (Å²) in [6.07, 6.45) is 0. The fourth-order valence-electron chi connectivity index (χ4n) is 4.24. The Labute approximate surface area is 240 Å². The van der Waals surface area contributed by atoms with Crippen LogP contribution in [0.4, 0.5) is 23.0 Å². The maximum absolute atomic E-state index is 13.5. The number of anilines is 4. The minimum Gasteiger partial charge on any atom is -0.497 e. The molecule has 0 atom stereocenters. The zero-order chi connectivity index (χ0) is 29.6. The predicted molar refractivity (Wildman–Crippen MR) is 161 cm³/mol. The van der Waals surface area contributed by atoms with Crippen molar-refractivity contribution in [3.05, 3.63) is 66.7 Å². The molecule has 3 N–H and O–H groups in total. The molecule has 1 heterocycles. The fraction of sp³-hybridized carbons (Fsp3) is 0.276. The van der Waals surface area contributed by atoms with Crippen LogP contribution in [0.3, 0.4) is 0 Å². The Hall–Kier alpha value is -4.42. The van der Waals surface area contributed by atoms with Crippen LogP contribution >= 0.6 is 0 Å². The summed E-state index contributed by atoms with van der Waals surface area (Å²) in [5.74, 6) is 1.43. The van der Waals surface area contributed by atoms with Gasteiger partial charge in [-0.15, -0.1) is 0 Å². The Morgan fingerprint density at radius 3 is 2.12 bits per heavy atom. The molecule has 0 radical (unpaired) electrons. The Morgan fingerprint density at radius 2 is 1.51 bits per heavy atom. The first-order valence-electron chi connectivity index (χ1n) is 12.9. The van der Waals surface area contributed by atoms with Crippen molar-refractivity contribution >= 4 is 50.0 Å². The van der Waals surface area contributed by atoms with Gasteiger partial charge in [0.05, 0.1) is 36.7 Å². The molecule has 0 unspecified atom stereocenters. The number of amides is 1. The molecule has 0 saturated carbocycles. The largest absolute Gasteiger partial charge is 0.497 e. The van der Waals surface area contributed by atoms with E-state index < -0.39 is 10.0 Å². The molecule has 0 spiro atoms. The standard InChI is InChI=1S/C29H34N6O5S/c1-19(2)17-35(3)18-27(36)30-20-9-8-10-24(15-20)41(37,38)34-29-28(32-25-11-6-7-12-26(25)33-29)31-21-13-22(39-4)16-23(14-21)40-5/h6-16,19H,17-18H2,1-5H3,(H,30,36)(H,31,32)(H,33,34). The smallest absolute Gasteiger partial charge is 0.263 e. The van der Waals surface area contributed by atoms with Gasteiger partial charge in [0.25, 0.3) is 10.0 Å². The Balaban J connectivity index is 1.63. The second kappa shape index (κ2) is 12.8. The van der Waals surface area contributed by atoms with Gasteiger partial charge in [-0.05, 0) is 43.3 Å². The molecule has 216 valence electrons. The summed E-state index contributed by atoms with van der Waals surface area (Å²) in [4.78, 5) is 23.6. The first-order chi connectivity index (χ1) is 19.6. The molecule has 0 aliphatic rings. The van der Waals surface area contributed by atoms with Gasteiger partial charge in [0.1, 0.15) is 11.5 Å². The van der Waals surface area contributed by atoms with Crippen LogP contribution in [0.2, 0.25) is 0 Å². The molecular formula is C29H34N6O5S. The Morgan fingerprint density at radius 1 is 0.878 bits per heavy atom. The van der Waals surface area contributed by atoms with E-state index in [0.29, 0.717) is 39.8 Å². The molecule has 0 aliphatic heterocycles. The van der Waals surface area contributed by atoms with Gasteiger partial charge in [-0.3, -0.25) is 14.4 Å². The van der Waals surface area contributed by atoms with E-state index in [1.807, 2.05) is 18.0 Å². The Kier molecular flexibility index (Phi) is 9.25. The fourth-order valence-corrected chi connectivity index (χ4v) is 5.29. The lowest BCUT2D eigenvalue weighted by molar-refractivity contribution is -0.117. The van der Waals surface area contributed by atoms with Crippen molar-refractivity contribution in [1.29, 1.82) is 0 Å². The number of nitrogens with one attached hydrogen (secondary N) is 3. The molecule has 4 rings (SSSR count). The predicted octanol–water partition coefficient (Wildman–Crippen LogP) is 4.72. The number of methoxy groups -OCH3 is 2. The molecule has 0 bridgehead atoms. The van der Waals surface area contributed by atoms with Gasteiger partial charge in [0, 0.05) is 36.1 Å². The molecular weight excluding hydrogens is 544 g/mol. The Bertz CT molecular complexity index is 1620. The number of ether oxygens (including phenoxy) is 2. The molecule has 11 nitrogen and oxygen atoms in total. The molecule has 1 amide bonds. The highest BCUT2D eigenvalue weighted by atomic mass is 32.2. The van der Waals surface area contributed by atoms with Gasteiger partial charge in [0.2, 0.25) is 5.91 Å². The van der Waals surface area contributed by atoms with Crippen molar-refractivity contribution in [1.82, 2.24) is 14.9 Å². The van der Waals surface area contributed by atoms with E-state index in [2.05, 4.69) is 39.2 Å². The second-order valence-electron chi connectivity index (χ2n) is 9.91. The number of hydrogen-bond acceptors (Lipinski definition) is 9. The summed E-state index contributed by atoms with van der Waals surface area (Å²) < 4.78 is 40.3. The van der Waals surface area contributed by atoms with Gasteiger partial charge in [0.15, 0.2) is 11.6 Å². The summed E-state index contributed by atoms with van der Waals surface area (Å²) in [5, 5.41) is 5.91. The second-order valence-corrected chi connectivity index (χ2v) is 11.6. The monoisotopic (exact) mass is 578 g/mol. The average molecular weight is 579 g/mol. The number of nitrogens with zero attached hydrogens (tertiary/aromatic N) is 3. The molecule has 1 aromatic heterocycles. The lowest BCUT2D eigenvalue weighted by atomic mass is 10.2. The normalized spacial score (nSPS) is 11.5. The van der Waals surface area contributed by atoms with Crippen molar-refractivity contribution < 1.29 is 22.7 Å². The van der Waals surface area contributed by atoms with Crippen molar-refractivity contribution in [2.24, 2.45) is 5.92 Å². The minimum atomic E-state index is -4.12. The number of fused-ring (bicyclic) bond motifs is 1. The number of carbonyl (C=O) groups excluding carboxylic acids is 1. The van der Waals surface area contributed by atoms with Gasteiger partial charge in [-0.2, -0.15) is 0 Å². The van der Waals surface area contributed by atoms with Crippen LogP contribution in [0.5, 0.6) is 11.5 Å². The van der Waals surface area contributed by atoms with Crippen LogP contribution in [0.1, 0.15) is 13.8 Å². The summed E-state index contributed by atoms with van der Waals surface area (Å²) in [6, 6.07) is 18.3. The van der Waals surface area contributed by atoms with E-state index in [4.69, 9.17) is 9.47 Å². The molecule has 4 aromatic rings. The van der Waals surface area contributed by atoms with E-state index in [1.54, 1.807) is 48.5 Å². The summed E-state index contributed by atoms with van der Waals surface area (Å²) in [6.45, 7) is 5.09. The van der Waals surface area contributed by atoms with Gasteiger partial charge >= 0.3 is 0 Å². The molecule has 12 heteroatoms. The van der Waals surface area contributed by atoms with Gasteiger partial charge in [-0.1, -0.05) is 32.0 Å². The molecule has 41 heavy (non-hydrogen) atoms. The van der Waals surface area contributed by atoms with E-state index >= 15 is 0 Å². The molecule has 0 aliphatic carbocycles. The lowest BCUT2D eigenvalue weighted by Gasteiger charge is -2.18. The third-order valence-electron chi connectivity index (χ3n) is 5.93. The first kappa shape index (κ1) is 29.6. The molecule has 3 aromatic carbocycles. The highest BCUT2D eigenvalue weighted by Gasteiger charge is 2.20. The van der Waals surface area contributed by atoms with Crippen molar-refractivity contribution in [2.45, 2.75) is 18.7 Å². The van der Waals surface area contributed by atoms with Gasteiger partial charge in [-0.25, -0.2) is 18.4 Å². The highest BCUT2D eigenvalue weighted by molar-refractivity contribution is 7.92. The highest BCUT2D eigenvalue weighted by Crippen LogP contribution is 2.31. The maximum Gasteiger partial charge on any atom is 0.263 e. The van der Waals surface area contributed by atoms with E-state index in [0.717, 1.165) is 6.54 Å². The third-order valence-corrected chi connectivity index (χ3v) is 7.27. The molecule has 0 saturated heterocycles. The lowest BCUT2D eigenvalue weighted by Crippen LogP contribution is -2.32. The first-order valence-corrected chi connectivity index (χ1v) is 14.4. The summed E-state index contributed by atoms with van der Waals surface area (Å²) >= 11 is 0. The van der Waals surface area contributed by atoms with Crippen LogP contribution in [-0.2, 0) is 14.8 Å². The minimum absolute atomic E-state index is 0.00441. The van der Waals surface area contributed by atoms with Crippen molar-refractivity contribution in [3.8, 4) is 11.5 Å². The summed E-state index contributed by atoms with van der Waals surface area (Å²) in [5.41, 5.74) is 1.99. The zero-order valence-electron chi connectivity index (χ0n) is 23.6. The van der Waals surface area contributed by atoms with Crippen molar-refractivity contribution in [3.63, 3.8) is 0 Å². The number of carbonyl (C=O) groups is 1. The van der Waals surface area contributed by atoms with Crippen molar-refractivity contribution in [2.75, 3.05) is 49.7 Å². The van der Waals surface area contributed by atoms with E-state index in [-0.39, 0.29) is 29.0 Å². The number of aromatic nitrogens is 2. The quantitative estimate of drug-likeness (QED) is 0.218. The number of hydrogen-bond donors (Lipinski definition) is 3. The van der Waals surface area contributed by atoms with Crippen LogP contribution in [0.25, 0.3) is 11.0 Å². The van der Waals surface area contributed by atoms with Crippen LogP contribution in [0, 0.1) is 5.92 Å². The van der Waals surface area contributed by atoms with Crippen LogP contribution < -0.4 is 24.8 Å². The summed E-state index contributed by atoms with van der Waals surface area (Å²) in [7, 11) is 0.812. The number of likely N-dealkylation sites (N-methyl/N-ethyl adjacent to an activating group) is 1. The number of para-hydroxylation sites is 2.